The van der Waals surface area contributed by atoms with Crippen molar-refractivity contribution in [2.24, 2.45) is 17.4 Å². The largest absolute Gasteiger partial charge is 0.466 e. The van der Waals surface area contributed by atoms with Gasteiger partial charge in [0.05, 0.1) is 18.8 Å². The summed E-state index contributed by atoms with van der Waals surface area (Å²) in [6, 6.07) is -1.42. The number of hydrogen-bond acceptors (Lipinski definition) is 12. The zero-order chi connectivity index (χ0) is 29.5. The molecule has 0 aromatic carbocycles. The molecule has 0 unspecified atom stereocenters. The average molecular weight is 588 g/mol. The van der Waals surface area contributed by atoms with Gasteiger partial charge in [0.15, 0.2) is 6.29 Å². The van der Waals surface area contributed by atoms with E-state index in [0.29, 0.717) is 18.9 Å². The smallest absolute Gasteiger partial charge is 0.388 e. The maximum atomic E-state index is 11.4. The molecule has 12 atom stereocenters. The Kier molecular flexibility index (Phi) is 13.6. The van der Waals surface area contributed by atoms with Gasteiger partial charge in [0.1, 0.15) is 30.0 Å². The van der Waals surface area contributed by atoms with Gasteiger partial charge < -0.3 is 71.6 Å². The third kappa shape index (κ3) is 10.2. The molecule has 16 heteroatoms. The van der Waals surface area contributed by atoms with Crippen LogP contribution in [0.2, 0.25) is 0 Å². The summed E-state index contributed by atoms with van der Waals surface area (Å²) in [5.41, 5.74) is 11.6. The van der Waals surface area contributed by atoms with Crippen molar-refractivity contribution in [3.05, 3.63) is 0 Å². The highest BCUT2D eigenvalue weighted by Gasteiger charge is 2.51. The van der Waals surface area contributed by atoms with Crippen LogP contribution in [0.5, 0.6) is 0 Å². The minimum absolute atomic E-state index is 0.0157. The van der Waals surface area contributed by atoms with Crippen LogP contribution in [-0.2, 0) is 18.8 Å². The van der Waals surface area contributed by atoms with Crippen molar-refractivity contribution in [3.63, 3.8) is 0 Å². The van der Waals surface area contributed by atoms with Gasteiger partial charge in [0, 0.05) is 18.1 Å². The lowest BCUT2D eigenvalue weighted by atomic mass is 9.81. The summed E-state index contributed by atoms with van der Waals surface area (Å²) < 4.78 is 27.2. The first-order valence-electron chi connectivity index (χ1n) is 13.5. The fourth-order valence-electron chi connectivity index (χ4n) is 5.85. The molecule has 0 aromatic rings. The Morgan fingerprint density at radius 2 is 1.67 bits per heavy atom. The number of hydrogen-bond donors (Lipinski definition) is 11. The normalized spacial score (nSPS) is 43.4. The second-order valence-corrected chi connectivity index (χ2v) is 12.0. The zero-order valence-corrected chi connectivity index (χ0v) is 24.1. The maximum Gasteiger partial charge on any atom is 0.466 e. The number of rotatable bonds is 9. The molecule has 2 saturated carbocycles. The van der Waals surface area contributed by atoms with Crippen LogP contribution in [0.25, 0.3) is 0 Å². The van der Waals surface area contributed by atoms with Crippen LogP contribution in [0.3, 0.4) is 0 Å². The summed E-state index contributed by atoms with van der Waals surface area (Å²) >= 11 is 0. The second kappa shape index (κ2) is 15.2. The summed E-state index contributed by atoms with van der Waals surface area (Å²) in [7, 11) is -1.03. The molecule has 1 aliphatic heterocycles. The van der Waals surface area contributed by atoms with Gasteiger partial charge in [-0.25, -0.2) is 4.57 Å². The molecule has 3 fully saturated rings. The second-order valence-electron chi connectivity index (χ2n) is 11.0. The molecular weight excluding hydrogens is 537 g/mol. The number of likely N-dealkylation sites (N-methyl/N-ethyl adjacent to an activating group) is 2. The minimum atomic E-state index is -4.64. The summed E-state index contributed by atoms with van der Waals surface area (Å²) in [6.45, 7) is 5.12. The van der Waals surface area contributed by atoms with E-state index in [-0.39, 0.29) is 24.8 Å². The fraction of sp³-hybridized carbons (Fsp3) is 1.00. The van der Waals surface area contributed by atoms with Crippen LogP contribution in [0, 0.1) is 5.92 Å². The predicted octanol–water partition coefficient (Wildman–Crippen LogP) is -3.33. The molecule has 2 aliphatic carbocycles. The Balaban J connectivity index is 0.000000976. The van der Waals surface area contributed by atoms with Crippen molar-refractivity contribution in [3.8, 4) is 0 Å². The molecule has 0 aromatic heterocycles. The first kappa shape index (κ1) is 34.9. The highest BCUT2D eigenvalue weighted by atomic mass is 31.2. The van der Waals surface area contributed by atoms with E-state index < -0.39 is 56.2 Å². The van der Waals surface area contributed by atoms with Crippen LogP contribution in [0.1, 0.15) is 39.5 Å². The lowest BCUT2D eigenvalue weighted by Gasteiger charge is -2.49. The first-order valence-corrected chi connectivity index (χ1v) is 15.0. The van der Waals surface area contributed by atoms with Crippen LogP contribution in [0.15, 0.2) is 0 Å². The van der Waals surface area contributed by atoms with Gasteiger partial charge in [-0.15, -0.1) is 0 Å². The molecule has 0 spiro atoms. The third-order valence-corrected chi connectivity index (χ3v) is 7.69. The fourth-order valence-corrected chi connectivity index (χ4v) is 5.85. The van der Waals surface area contributed by atoms with Crippen LogP contribution in [0.4, 0.5) is 0 Å². The van der Waals surface area contributed by atoms with Gasteiger partial charge in [-0.1, -0.05) is 6.92 Å². The highest BCUT2D eigenvalue weighted by molar-refractivity contribution is 7.45. The Labute approximate surface area is 230 Å². The standard InChI is InChI=1S/C23H47N5O6.H3O4P/c1-5-28-15-9-14(25)19(33-16-8-12(10-26-3)6-7-13(16)24)17(29)20(15)34-22-18(30)21(27-4)23(2,31)11-32-22;1-5(2,3)4/h12-22,26-31H,5-11,24-25H2,1-4H3;(H3,1,2,3,4)/t12-,13-,14+,15-,16+,17+,18+,19+,20+,21+,22+,23-;/m1./s1. The average Bonchev–Trinajstić information content (AvgIpc) is 2.81. The highest BCUT2D eigenvalue weighted by Crippen LogP contribution is 2.33. The van der Waals surface area contributed by atoms with Crippen molar-refractivity contribution in [2.45, 2.75) is 106 Å². The number of ether oxygens (including phenoxy) is 3. The summed E-state index contributed by atoms with van der Waals surface area (Å²) in [4.78, 5) is 21.6. The number of nitrogens with one attached hydrogen (secondary N) is 3. The van der Waals surface area contributed by atoms with Gasteiger partial charge in [-0.05, 0) is 65.7 Å². The van der Waals surface area contributed by atoms with Crippen molar-refractivity contribution < 1.29 is 48.8 Å². The quantitative estimate of drug-likeness (QED) is 0.118. The molecule has 3 rings (SSSR count). The van der Waals surface area contributed by atoms with Crippen LogP contribution in [-0.4, -0.2) is 130 Å². The van der Waals surface area contributed by atoms with E-state index in [2.05, 4.69) is 16.0 Å². The van der Waals surface area contributed by atoms with Crippen molar-refractivity contribution in [1.29, 1.82) is 0 Å². The third-order valence-electron chi connectivity index (χ3n) is 7.69. The lowest BCUT2D eigenvalue weighted by molar-refractivity contribution is -0.300. The molecule has 1 saturated heterocycles. The first-order chi connectivity index (χ1) is 18.1. The van der Waals surface area contributed by atoms with Crippen LogP contribution >= 0.6 is 7.82 Å². The Bertz CT molecular complexity index is 771. The van der Waals surface area contributed by atoms with E-state index in [0.717, 1.165) is 25.8 Å². The summed E-state index contributed by atoms with van der Waals surface area (Å²) in [5, 5.41) is 42.3. The van der Waals surface area contributed by atoms with E-state index >= 15 is 0 Å². The summed E-state index contributed by atoms with van der Waals surface area (Å²) in [5.74, 6) is 0.463. The van der Waals surface area contributed by atoms with E-state index in [1.165, 1.54) is 0 Å². The summed E-state index contributed by atoms with van der Waals surface area (Å²) in [6.07, 6.45) is -1.54. The predicted molar refractivity (Wildman–Crippen MR) is 142 cm³/mol. The molecule has 0 radical (unpaired) electrons. The van der Waals surface area contributed by atoms with Gasteiger partial charge in [-0.3, -0.25) is 0 Å². The van der Waals surface area contributed by atoms with E-state index in [1.54, 1.807) is 14.0 Å². The molecular formula is C23H50N5O10P. The Morgan fingerprint density at radius 1 is 1.03 bits per heavy atom. The van der Waals surface area contributed by atoms with Crippen molar-refractivity contribution in [1.82, 2.24) is 16.0 Å². The van der Waals surface area contributed by atoms with E-state index in [4.69, 9.17) is 44.9 Å². The van der Waals surface area contributed by atoms with Crippen molar-refractivity contribution >= 4 is 7.82 Å². The van der Waals surface area contributed by atoms with Gasteiger partial charge in [-0.2, -0.15) is 0 Å². The molecule has 0 bridgehead atoms. The maximum absolute atomic E-state index is 11.4. The minimum Gasteiger partial charge on any atom is -0.388 e. The van der Waals surface area contributed by atoms with Crippen LogP contribution < -0.4 is 27.4 Å². The molecule has 0 amide bonds. The Morgan fingerprint density at radius 3 is 2.23 bits per heavy atom. The molecule has 1 heterocycles. The number of aliphatic hydroxyl groups is 3. The lowest BCUT2D eigenvalue weighted by Crippen LogP contribution is -2.69. The van der Waals surface area contributed by atoms with E-state index in [1.807, 2.05) is 14.0 Å². The van der Waals surface area contributed by atoms with Gasteiger partial charge >= 0.3 is 7.82 Å². The topological polar surface area (TPSA) is 254 Å². The molecule has 39 heavy (non-hydrogen) atoms. The number of aliphatic hydroxyl groups excluding tert-OH is 2. The van der Waals surface area contributed by atoms with Crippen molar-refractivity contribution in [2.75, 3.05) is 33.8 Å². The molecule has 13 N–H and O–H groups in total. The van der Waals surface area contributed by atoms with E-state index in [9.17, 15) is 15.3 Å². The van der Waals surface area contributed by atoms with Gasteiger partial charge in [0.2, 0.25) is 0 Å². The Hall–Kier alpha value is -0.330. The molecule has 232 valence electrons. The van der Waals surface area contributed by atoms with Gasteiger partial charge in [0.25, 0.3) is 0 Å². The SMILES string of the molecule is CCN[C@@H]1C[C@H](N)[C@H](O[C@H]2C[C@H](CNC)CC[C@H]2N)[C@H](O)[C@H]1O[C@@H]1OC[C@@](C)(O)[C@@H](NC)[C@@H]1O.O=P(O)(O)O. The number of phosphoric acid groups is 1. The number of nitrogens with two attached hydrogens (primary N) is 2. The molecule has 3 aliphatic rings. The zero-order valence-electron chi connectivity index (χ0n) is 23.2. The molecule has 15 nitrogen and oxygen atoms in total. The monoisotopic (exact) mass is 587 g/mol.